The number of aromatic nitrogens is 1. The van der Waals surface area contributed by atoms with Gasteiger partial charge in [0, 0.05) is 7.05 Å². The Morgan fingerprint density at radius 3 is 2.12 bits per heavy atom. The molecular weight excluding hydrogens is 214 g/mol. The van der Waals surface area contributed by atoms with Crippen LogP contribution in [0.15, 0.2) is 21.3 Å². The van der Waals surface area contributed by atoms with Gasteiger partial charge < -0.3 is 4.42 Å². The summed E-state index contributed by atoms with van der Waals surface area (Å²) in [7, 11) is 1.71. The van der Waals surface area contributed by atoms with Crippen molar-refractivity contribution in [1.29, 1.82) is 0 Å². The SMILES string of the molecule is CC(C)C.Cc1cc2oc(=O)n(C)c2cc1C. The zero-order valence-electron chi connectivity index (χ0n) is 11.5. The van der Waals surface area contributed by atoms with Crippen LogP contribution in [0.5, 0.6) is 0 Å². The van der Waals surface area contributed by atoms with Crippen LogP contribution in [0, 0.1) is 19.8 Å². The van der Waals surface area contributed by atoms with Gasteiger partial charge in [0.1, 0.15) is 0 Å². The first-order chi connectivity index (χ1) is 7.82. The van der Waals surface area contributed by atoms with Crippen LogP contribution in [0.3, 0.4) is 0 Å². The van der Waals surface area contributed by atoms with Crippen LogP contribution in [0.25, 0.3) is 11.1 Å². The van der Waals surface area contributed by atoms with E-state index >= 15 is 0 Å². The Morgan fingerprint density at radius 2 is 1.59 bits per heavy atom. The molecule has 1 aromatic carbocycles. The normalized spacial score (nSPS) is 10.5. The van der Waals surface area contributed by atoms with E-state index in [-0.39, 0.29) is 5.76 Å². The molecule has 0 aliphatic rings. The third-order valence-corrected chi connectivity index (χ3v) is 2.41. The Kier molecular flexibility index (Phi) is 4.16. The molecule has 17 heavy (non-hydrogen) atoms. The summed E-state index contributed by atoms with van der Waals surface area (Å²) in [6.45, 7) is 10.5. The Balaban J connectivity index is 0.000000317. The van der Waals surface area contributed by atoms with Gasteiger partial charge in [-0.25, -0.2) is 4.79 Å². The largest absolute Gasteiger partial charge is 0.419 e. The molecule has 3 heteroatoms. The van der Waals surface area contributed by atoms with E-state index in [0.717, 1.165) is 17.0 Å². The molecule has 0 bridgehead atoms. The number of oxazole rings is 1. The van der Waals surface area contributed by atoms with Crippen LogP contribution in [0.1, 0.15) is 31.9 Å². The summed E-state index contributed by atoms with van der Waals surface area (Å²) < 4.78 is 6.56. The van der Waals surface area contributed by atoms with E-state index in [1.807, 2.05) is 26.0 Å². The molecule has 0 aliphatic carbocycles. The molecule has 2 rings (SSSR count). The van der Waals surface area contributed by atoms with Crippen molar-refractivity contribution in [2.24, 2.45) is 13.0 Å². The molecule has 0 atom stereocenters. The molecule has 0 N–H and O–H groups in total. The van der Waals surface area contributed by atoms with E-state index in [1.54, 1.807) is 7.05 Å². The van der Waals surface area contributed by atoms with Gasteiger partial charge in [-0.05, 0) is 43.0 Å². The van der Waals surface area contributed by atoms with Crippen LogP contribution < -0.4 is 5.76 Å². The Morgan fingerprint density at radius 1 is 1.12 bits per heavy atom. The lowest BCUT2D eigenvalue weighted by Gasteiger charge is -1.98. The van der Waals surface area contributed by atoms with Crippen molar-refractivity contribution in [3.63, 3.8) is 0 Å². The summed E-state index contributed by atoms with van der Waals surface area (Å²) in [4.78, 5) is 11.2. The van der Waals surface area contributed by atoms with E-state index in [1.165, 1.54) is 10.1 Å². The van der Waals surface area contributed by atoms with Gasteiger partial charge in [0.2, 0.25) is 0 Å². The van der Waals surface area contributed by atoms with Crippen LogP contribution in [0.2, 0.25) is 0 Å². The highest BCUT2D eigenvalue weighted by Crippen LogP contribution is 2.17. The quantitative estimate of drug-likeness (QED) is 0.701. The Hall–Kier alpha value is -1.51. The van der Waals surface area contributed by atoms with Crippen molar-refractivity contribution in [2.75, 3.05) is 0 Å². The van der Waals surface area contributed by atoms with Gasteiger partial charge in [0.25, 0.3) is 0 Å². The third-order valence-electron chi connectivity index (χ3n) is 2.41. The van der Waals surface area contributed by atoms with Crippen molar-refractivity contribution in [3.8, 4) is 0 Å². The molecule has 0 aliphatic heterocycles. The number of aryl methyl sites for hydroxylation is 3. The van der Waals surface area contributed by atoms with Crippen LogP contribution in [-0.2, 0) is 7.05 Å². The second kappa shape index (κ2) is 5.21. The standard InChI is InChI=1S/C10H11NO2.C4H10/c1-6-4-8-9(5-7(6)2)13-10(12)11(8)3;1-4(2)3/h4-5H,1-3H3;4H,1-3H3. The van der Waals surface area contributed by atoms with Gasteiger partial charge in [0.05, 0.1) is 5.52 Å². The highest BCUT2D eigenvalue weighted by Gasteiger charge is 2.06. The lowest BCUT2D eigenvalue weighted by molar-refractivity contribution is 0.528. The minimum absolute atomic E-state index is 0.306. The summed E-state index contributed by atoms with van der Waals surface area (Å²) in [5, 5.41) is 0. The minimum atomic E-state index is -0.306. The number of rotatable bonds is 0. The summed E-state index contributed by atoms with van der Waals surface area (Å²) in [5.41, 5.74) is 3.83. The lowest BCUT2D eigenvalue weighted by Crippen LogP contribution is -2.08. The summed E-state index contributed by atoms with van der Waals surface area (Å²) in [6.07, 6.45) is 0. The van der Waals surface area contributed by atoms with Crippen molar-refractivity contribution >= 4 is 11.1 Å². The smallest absolute Gasteiger partial charge is 0.408 e. The van der Waals surface area contributed by atoms with Gasteiger partial charge >= 0.3 is 5.76 Å². The molecule has 0 fully saturated rings. The van der Waals surface area contributed by atoms with Crippen molar-refractivity contribution in [2.45, 2.75) is 34.6 Å². The lowest BCUT2D eigenvalue weighted by atomic mass is 10.1. The average Bonchev–Trinajstić information content (AvgIpc) is 2.44. The Bertz CT molecular complexity index is 559. The van der Waals surface area contributed by atoms with Gasteiger partial charge in [-0.15, -0.1) is 0 Å². The molecule has 1 heterocycles. The fourth-order valence-corrected chi connectivity index (χ4v) is 1.38. The zero-order chi connectivity index (χ0) is 13.2. The maximum Gasteiger partial charge on any atom is 0.419 e. The average molecular weight is 235 g/mol. The molecular formula is C14H21NO2. The van der Waals surface area contributed by atoms with Crippen molar-refractivity contribution in [1.82, 2.24) is 4.57 Å². The van der Waals surface area contributed by atoms with E-state index in [0.29, 0.717) is 5.58 Å². The first kappa shape index (κ1) is 13.6. The predicted octanol–water partition coefficient (Wildman–Crippen LogP) is 3.41. The maximum atomic E-state index is 11.2. The molecule has 0 amide bonds. The molecule has 0 saturated heterocycles. The Labute approximate surface area is 102 Å². The predicted molar refractivity (Wildman–Crippen MR) is 71.4 cm³/mol. The van der Waals surface area contributed by atoms with Gasteiger partial charge in [-0.3, -0.25) is 4.57 Å². The minimum Gasteiger partial charge on any atom is -0.408 e. The fourth-order valence-electron chi connectivity index (χ4n) is 1.38. The van der Waals surface area contributed by atoms with Gasteiger partial charge in [-0.1, -0.05) is 20.8 Å². The zero-order valence-corrected chi connectivity index (χ0v) is 11.5. The first-order valence-electron chi connectivity index (χ1n) is 5.89. The number of benzene rings is 1. The topological polar surface area (TPSA) is 35.1 Å². The second-order valence-electron chi connectivity index (χ2n) is 5.06. The summed E-state index contributed by atoms with van der Waals surface area (Å²) in [5.74, 6) is 0.528. The van der Waals surface area contributed by atoms with Crippen LogP contribution in [0.4, 0.5) is 0 Å². The highest BCUT2D eigenvalue weighted by molar-refractivity contribution is 5.74. The van der Waals surface area contributed by atoms with Crippen molar-refractivity contribution < 1.29 is 4.42 Å². The summed E-state index contributed by atoms with van der Waals surface area (Å²) in [6, 6.07) is 3.86. The molecule has 0 saturated carbocycles. The van der Waals surface area contributed by atoms with Gasteiger partial charge in [-0.2, -0.15) is 0 Å². The van der Waals surface area contributed by atoms with Crippen LogP contribution >= 0.6 is 0 Å². The second-order valence-corrected chi connectivity index (χ2v) is 5.06. The first-order valence-corrected chi connectivity index (χ1v) is 5.89. The molecule has 1 aromatic heterocycles. The fraction of sp³-hybridized carbons (Fsp3) is 0.500. The number of nitrogens with zero attached hydrogens (tertiary/aromatic N) is 1. The van der Waals surface area contributed by atoms with Crippen molar-refractivity contribution in [3.05, 3.63) is 33.8 Å². The molecule has 0 unspecified atom stereocenters. The maximum absolute atomic E-state index is 11.2. The highest BCUT2D eigenvalue weighted by atomic mass is 16.4. The van der Waals surface area contributed by atoms with E-state index < -0.39 is 0 Å². The third kappa shape index (κ3) is 3.22. The number of fused-ring (bicyclic) bond motifs is 1. The monoisotopic (exact) mass is 235 g/mol. The van der Waals surface area contributed by atoms with Crippen LogP contribution in [-0.4, -0.2) is 4.57 Å². The van der Waals surface area contributed by atoms with Gasteiger partial charge in [0.15, 0.2) is 5.58 Å². The number of hydrogen-bond donors (Lipinski definition) is 0. The molecule has 2 aromatic rings. The van der Waals surface area contributed by atoms with E-state index in [9.17, 15) is 4.79 Å². The molecule has 0 radical (unpaired) electrons. The summed E-state index contributed by atoms with van der Waals surface area (Å²) >= 11 is 0. The van der Waals surface area contributed by atoms with E-state index in [2.05, 4.69) is 20.8 Å². The molecule has 3 nitrogen and oxygen atoms in total. The number of hydrogen-bond acceptors (Lipinski definition) is 2. The van der Waals surface area contributed by atoms with E-state index in [4.69, 9.17) is 4.42 Å². The molecule has 94 valence electrons. The molecule has 0 spiro atoms.